The first-order valence-electron chi connectivity index (χ1n) is 3.14. The molecule has 1 radical (unpaired) electrons. The summed E-state index contributed by atoms with van der Waals surface area (Å²) in [5, 5.41) is 2.46. The van der Waals surface area contributed by atoms with Crippen LogP contribution in [0, 0.1) is 0 Å². The van der Waals surface area contributed by atoms with Gasteiger partial charge in [-0.25, -0.2) is 0 Å². The van der Waals surface area contributed by atoms with Gasteiger partial charge in [0, 0.05) is 10.6 Å². The van der Waals surface area contributed by atoms with Gasteiger partial charge >= 0.3 is 6.41 Å². The summed E-state index contributed by atoms with van der Waals surface area (Å²) in [6.07, 6.45) is 3.62. The van der Waals surface area contributed by atoms with E-state index >= 15 is 0 Å². The first-order chi connectivity index (χ1) is 5.36. The Morgan fingerprint density at radius 2 is 2.36 bits per heavy atom. The number of anilines is 1. The number of benzene rings is 1. The lowest BCUT2D eigenvalue weighted by Gasteiger charge is -1.99. The molecule has 0 unspecified atom stereocenters. The highest BCUT2D eigenvalue weighted by molar-refractivity contribution is 7.98. The molecule has 0 aliphatic carbocycles. The summed E-state index contributed by atoms with van der Waals surface area (Å²) in [4.78, 5) is 11.1. The van der Waals surface area contributed by atoms with E-state index in [1.54, 1.807) is 18.2 Å². The summed E-state index contributed by atoms with van der Waals surface area (Å²) in [5.41, 5.74) is 0.784. The zero-order chi connectivity index (χ0) is 8.10. The van der Waals surface area contributed by atoms with Crippen LogP contribution in [0.4, 0.5) is 5.69 Å². The molecule has 57 valence electrons. The van der Waals surface area contributed by atoms with Gasteiger partial charge in [-0.2, -0.15) is 0 Å². The van der Waals surface area contributed by atoms with Crippen molar-refractivity contribution in [3.8, 4) is 0 Å². The van der Waals surface area contributed by atoms with Crippen LogP contribution < -0.4 is 5.32 Å². The van der Waals surface area contributed by atoms with E-state index in [0.717, 1.165) is 10.6 Å². The summed E-state index contributed by atoms with van der Waals surface area (Å²) < 4.78 is 0. The van der Waals surface area contributed by atoms with E-state index in [0.29, 0.717) is 0 Å². The third-order valence-electron chi connectivity index (χ3n) is 1.27. The number of amides is 1. The Morgan fingerprint density at radius 1 is 1.55 bits per heavy atom. The monoisotopic (exact) mass is 166 g/mol. The molecule has 0 fully saturated rings. The average molecular weight is 166 g/mol. The lowest BCUT2D eigenvalue weighted by Crippen LogP contribution is -1.92. The number of hydrogen-bond acceptors (Lipinski definition) is 2. The van der Waals surface area contributed by atoms with Crippen LogP contribution >= 0.6 is 11.8 Å². The predicted octanol–water partition coefficient (Wildman–Crippen LogP) is 1.89. The topological polar surface area (TPSA) is 29.1 Å². The Kier molecular flexibility index (Phi) is 2.98. The van der Waals surface area contributed by atoms with E-state index in [9.17, 15) is 4.79 Å². The summed E-state index contributed by atoms with van der Waals surface area (Å²) >= 11 is 1.64. The summed E-state index contributed by atoms with van der Waals surface area (Å²) in [6, 6.07) is 7.60. The van der Waals surface area contributed by atoms with E-state index in [4.69, 9.17) is 0 Å². The van der Waals surface area contributed by atoms with Crippen LogP contribution in [-0.2, 0) is 4.79 Å². The Hall–Kier alpha value is -0.960. The number of hydrogen-bond donors (Lipinski definition) is 1. The fourth-order valence-corrected chi connectivity index (χ4v) is 1.22. The van der Waals surface area contributed by atoms with Crippen LogP contribution in [0.5, 0.6) is 0 Å². The smallest absolute Gasteiger partial charge is 0.314 e. The van der Waals surface area contributed by atoms with Crippen molar-refractivity contribution in [2.24, 2.45) is 0 Å². The predicted molar refractivity (Wildman–Crippen MR) is 47.5 cm³/mol. The van der Waals surface area contributed by atoms with Crippen molar-refractivity contribution in [3.63, 3.8) is 0 Å². The van der Waals surface area contributed by atoms with Gasteiger partial charge in [-0.05, 0) is 24.5 Å². The maximum absolute atomic E-state index is 9.93. The first kappa shape index (κ1) is 8.14. The Bertz CT molecular complexity index is 250. The van der Waals surface area contributed by atoms with Gasteiger partial charge in [0.1, 0.15) is 0 Å². The van der Waals surface area contributed by atoms with E-state index in [-0.39, 0.29) is 0 Å². The van der Waals surface area contributed by atoms with Crippen LogP contribution in [0.3, 0.4) is 0 Å². The molecule has 0 aliphatic rings. The standard InChI is InChI=1S/C8H8NOS/c1-11-8-4-2-3-7(5-8)9-6-10/h2-5H,1H3,(H,9,10). The molecule has 0 aliphatic heterocycles. The minimum absolute atomic E-state index is 0.784. The quantitative estimate of drug-likeness (QED) is 0.548. The molecule has 11 heavy (non-hydrogen) atoms. The molecular formula is C8H8NOS. The largest absolute Gasteiger partial charge is 0.318 e. The fraction of sp³-hybridized carbons (Fsp3) is 0.125. The van der Waals surface area contributed by atoms with E-state index < -0.39 is 0 Å². The third kappa shape index (κ3) is 2.27. The highest BCUT2D eigenvalue weighted by Gasteiger charge is 1.91. The van der Waals surface area contributed by atoms with E-state index in [1.807, 2.05) is 30.5 Å². The highest BCUT2D eigenvalue weighted by Crippen LogP contribution is 2.18. The van der Waals surface area contributed by atoms with E-state index in [1.165, 1.54) is 0 Å². The van der Waals surface area contributed by atoms with E-state index in [2.05, 4.69) is 5.32 Å². The number of nitrogens with one attached hydrogen (secondary N) is 1. The Morgan fingerprint density at radius 3 is 3.00 bits per heavy atom. The number of thioether (sulfide) groups is 1. The first-order valence-corrected chi connectivity index (χ1v) is 4.36. The van der Waals surface area contributed by atoms with Crippen LogP contribution in [-0.4, -0.2) is 12.7 Å². The van der Waals surface area contributed by atoms with Crippen molar-refractivity contribution in [1.29, 1.82) is 0 Å². The Balaban J connectivity index is 2.82. The molecule has 0 saturated carbocycles. The fourth-order valence-electron chi connectivity index (χ4n) is 0.760. The highest BCUT2D eigenvalue weighted by atomic mass is 32.2. The molecule has 1 aromatic carbocycles. The van der Waals surface area contributed by atoms with Gasteiger partial charge in [0.2, 0.25) is 0 Å². The Labute approximate surface area is 70.0 Å². The van der Waals surface area contributed by atoms with Crippen molar-refractivity contribution in [3.05, 3.63) is 24.3 Å². The number of rotatable bonds is 3. The minimum Gasteiger partial charge on any atom is -0.318 e. The second kappa shape index (κ2) is 4.03. The molecule has 0 heterocycles. The molecule has 0 aromatic heterocycles. The van der Waals surface area contributed by atoms with Gasteiger partial charge in [-0.1, -0.05) is 6.07 Å². The summed E-state index contributed by atoms with van der Waals surface area (Å²) in [7, 11) is 0. The molecule has 2 nitrogen and oxygen atoms in total. The maximum atomic E-state index is 9.93. The molecule has 0 spiro atoms. The van der Waals surface area contributed by atoms with Crippen LogP contribution in [0.2, 0.25) is 0 Å². The van der Waals surface area contributed by atoms with Gasteiger partial charge in [-0.3, -0.25) is 4.79 Å². The van der Waals surface area contributed by atoms with Gasteiger partial charge in [0.15, 0.2) is 0 Å². The van der Waals surface area contributed by atoms with Crippen molar-refractivity contribution in [1.82, 2.24) is 0 Å². The summed E-state index contributed by atoms with van der Waals surface area (Å²) in [5.74, 6) is 0. The molecule has 0 bridgehead atoms. The van der Waals surface area contributed by atoms with Gasteiger partial charge in [0.25, 0.3) is 0 Å². The van der Waals surface area contributed by atoms with Crippen molar-refractivity contribution in [2.45, 2.75) is 4.90 Å². The normalized spacial score (nSPS) is 9.18. The number of carbonyl (C=O) groups excluding carboxylic acids is 1. The molecule has 1 rings (SSSR count). The zero-order valence-corrected chi connectivity index (χ0v) is 6.94. The minimum atomic E-state index is 0.784. The van der Waals surface area contributed by atoms with Crippen LogP contribution in [0.1, 0.15) is 0 Å². The van der Waals surface area contributed by atoms with Gasteiger partial charge in [0.05, 0.1) is 0 Å². The zero-order valence-electron chi connectivity index (χ0n) is 6.13. The SMILES string of the molecule is CSc1cccc(N[C]=O)c1. The molecule has 1 amide bonds. The van der Waals surface area contributed by atoms with Crippen LogP contribution in [0.15, 0.2) is 29.2 Å². The molecule has 0 saturated heterocycles. The van der Waals surface area contributed by atoms with Crippen LogP contribution in [0.25, 0.3) is 0 Å². The lowest BCUT2D eigenvalue weighted by atomic mass is 10.3. The molecule has 3 heteroatoms. The van der Waals surface area contributed by atoms with Gasteiger partial charge in [-0.15, -0.1) is 11.8 Å². The summed E-state index contributed by atoms with van der Waals surface area (Å²) in [6.45, 7) is 0. The second-order valence-electron chi connectivity index (χ2n) is 1.96. The molecule has 1 N–H and O–H groups in total. The van der Waals surface area contributed by atoms with Crippen molar-refractivity contribution in [2.75, 3.05) is 11.6 Å². The lowest BCUT2D eigenvalue weighted by molar-refractivity contribution is 0.561. The molecular weight excluding hydrogens is 158 g/mol. The second-order valence-corrected chi connectivity index (χ2v) is 2.84. The third-order valence-corrected chi connectivity index (χ3v) is 1.99. The van der Waals surface area contributed by atoms with Gasteiger partial charge < -0.3 is 5.32 Å². The maximum Gasteiger partial charge on any atom is 0.314 e. The van der Waals surface area contributed by atoms with Crippen molar-refractivity contribution >= 4 is 23.9 Å². The average Bonchev–Trinajstić information content (AvgIpc) is 2.06. The molecule has 1 aromatic rings. The molecule has 0 atom stereocenters. The van der Waals surface area contributed by atoms with Crippen molar-refractivity contribution < 1.29 is 4.79 Å².